The van der Waals surface area contributed by atoms with Gasteiger partial charge in [-0.25, -0.2) is 8.78 Å². The lowest BCUT2D eigenvalue weighted by atomic mass is 9.89. The van der Waals surface area contributed by atoms with Crippen molar-refractivity contribution in [2.45, 2.75) is 26.8 Å². The number of ether oxygens (including phenoxy) is 1. The van der Waals surface area contributed by atoms with Gasteiger partial charge >= 0.3 is 0 Å². The van der Waals surface area contributed by atoms with Gasteiger partial charge in [-0.3, -0.25) is 0 Å². The first-order valence-electron chi connectivity index (χ1n) is 6.22. The summed E-state index contributed by atoms with van der Waals surface area (Å²) >= 11 is 0. The minimum absolute atomic E-state index is 0.0457. The van der Waals surface area contributed by atoms with Crippen molar-refractivity contribution in [2.24, 2.45) is 5.41 Å². The first kappa shape index (κ1) is 15.9. The monoisotopic (exact) mass is 273 g/mol. The minimum Gasteiger partial charge on any atom is -0.503 e. The van der Waals surface area contributed by atoms with Crippen molar-refractivity contribution in [3.8, 4) is 5.75 Å². The predicted octanol–water partition coefficient (Wildman–Crippen LogP) is 2.82. The van der Waals surface area contributed by atoms with Crippen molar-refractivity contribution in [3.63, 3.8) is 0 Å². The van der Waals surface area contributed by atoms with Gasteiger partial charge in [0.1, 0.15) is 0 Å². The molecule has 0 unspecified atom stereocenters. The van der Waals surface area contributed by atoms with Crippen LogP contribution in [0.15, 0.2) is 12.1 Å². The fraction of sp³-hybridized carbons (Fsp3) is 0.571. The second-order valence-electron chi connectivity index (χ2n) is 5.42. The lowest BCUT2D eigenvalue weighted by Gasteiger charge is -2.24. The zero-order valence-electron chi connectivity index (χ0n) is 11.6. The molecule has 1 aromatic rings. The van der Waals surface area contributed by atoms with Crippen molar-refractivity contribution < 1.29 is 18.6 Å². The average Bonchev–Trinajstić information content (AvgIpc) is 2.33. The Hall–Kier alpha value is -1.20. The molecule has 0 heterocycles. The maximum Gasteiger partial charge on any atom is 0.187 e. The predicted molar refractivity (Wildman–Crippen MR) is 70.0 cm³/mol. The Balaban J connectivity index is 2.49. The van der Waals surface area contributed by atoms with Gasteiger partial charge in [0.2, 0.25) is 0 Å². The van der Waals surface area contributed by atoms with E-state index < -0.39 is 17.4 Å². The maximum atomic E-state index is 13.1. The summed E-state index contributed by atoms with van der Waals surface area (Å²) in [7, 11) is 1.66. The second kappa shape index (κ2) is 6.82. The van der Waals surface area contributed by atoms with Gasteiger partial charge in [-0.15, -0.1) is 0 Å². The molecule has 0 aliphatic rings. The molecule has 0 aliphatic heterocycles. The van der Waals surface area contributed by atoms with Crippen LogP contribution >= 0.6 is 0 Å². The highest BCUT2D eigenvalue weighted by Gasteiger charge is 2.17. The van der Waals surface area contributed by atoms with Crippen molar-refractivity contribution in [3.05, 3.63) is 29.3 Å². The molecule has 1 aromatic carbocycles. The van der Waals surface area contributed by atoms with Crippen LogP contribution in [-0.4, -0.2) is 25.4 Å². The number of halogens is 2. The summed E-state index contributed by atoms with van der Waals surface area (Å²) in [6.07, 6.45) is 0.898. The molecular weight excluding hydrogens is 252 g/mol. The van der Waals surface area contributed by atoms with E-state index in [1.807, 2.05) is 0 Å². The Bertz CT molecular complexity index is 399. The maximum absolute atomic E-state index is 13.1. The molecule has 108 valence electrons. The largest absolute Gasteiger partial charge is 0.503 e. The van der Waals surface area contributed by atoms with E-state index in [9.17, 15) is 8.78 Å². The van der Waals surface area contributed by atoms with Gasteiger partial charge in [-0.05, 0) is 29.5 Å². The fourth-order valence-electron chi connectivity index (χ4n) is 1.73. The molecule has 0 bridgehead atoms. The lowest BCUT2D eigenvalue weighted by molar-refractivity contribution is 0.150. The summed E-state index contributed by atoms with van der Waals surface area (Å²) < 4.78 is 31.3. The number of rotatable bonds is 7. The smallest absolute Gasteiger partial charge is 0.187 e. The van der Waals surface area contributed by atoms with Gasteiger partial charge in [-0.2, -0.15) is 0 Å². The molecule has 0 amide bonds. The van der Waals surface area contributed by atoms with Gasteiger partial charge < -0.3 is 15.2 Å². The molecule has 0 aromatic heterocycles. The molecule has 5 heteroatoms. The quantitative estimate of drug-likeness (QED) is 0.802. The van der Waals surface area contributed by atoms with Crippen LogP contribution < -0.4 is 5.32 Å². The normalized spacial score (nSPS) is 11.8. The van der Waals surface area contributed by atoms with E-state index in [-0.39, 0.29) is 5.41 Å². The third kappa shape index (κ3) is 5.12. The van der Waals surface area contributed by atoms with E-state index in [2.05, 4.69) is 19.2 Å². The Morgan fingerprint density at radius 2 is 1.84 bits per heavy atom. The van der Waals surface area contributed by atoms with E-state index in [0.29, 0.717) is 25.3 Å². The molecule has 0 saturated carbocycles. The molecule has 2 N–H and O–H groups in total. The first-order valence-corrected chi connectivity index (χ1v) is 6.22. The van der Waals surface area contributed by atoms with E-state index in [1.165, 1.54) is 0 Å². The van der Waals surface area contributed by atoms with Crippen LogP contribution in [0.1, 0.15) is 25.8 Å². The zero-order chi connectivity index (χ0) is 14.5. The Morgan fingerprint density at radius 1 is 1.26 bits per heavy atom. The highest BCUT2D eigenvalue weighted by molar-refractivity contribution is 5.29. The SMILES string of the molecule is COCCC(C)(C)CNCc1cc(F)c(O)c(F)c1. The first-order chi connectivity index (χ1) is 8.85. The van der Waals surface area contributed by atoms with Gasteiger partial charge in [-0.1, -0.05) is 13.8 Å². The summed E-state index contributed by atoms with van der Waals surface area (Å²) in [5.74, 6) is -2.80. The number of methoxy groups -OCH3 is 1. The van der Waals surface area contributed by atoms with Gasteiger partial charge in [0, 0.05) is 26.8 Å². The number of benzene rings is 1. The Labute approximate surface area is 112 Å². The topological polar surface area (TPSA) is 41.5 Å². The van der Waals surface area contributed by atoms with Crippen LogP contribution in [-0.2, 0) is 11.3 Å². The fourth-order valence-corrected chi connectivity index (χ4v) is 1.73. The molecule has 0 atom stereocenters. The molecule has 0 aliphatic carbocycles. The third-order valence-electron chi connectivity index (χ3n) is 2.99. The van der Waals surface area contributed by atoms with Crippen LogP contribution in [0.4, 0.5) is 8.78 Å². The van der Waals surface area contributed by atoms with Crippen LogP contribution in [0.2, 0.25) is 0 Å². The number of aromatic hydroxyl groups is 1. The zero-order valence-corrected chi connectivity index (χ0v) is 11.6. The Morgan fingerprint density at radius 3 is 2.37 bits per heavy atom. The van der Waals surface area contributed by atoms with E-state index >= 15 is 0 Å². The van der Waals surface area contributed by atoms with E-state index in [0.717, 1.165) is 18.6 Å². The molecular formula is C14H21F2NO2. The van der Waals surface area contributed by atoms with Crippen LogP contribution in [0, 0.1) is 17.0 Å². The summed E-state index contributed by atoms with van der Waals surface area (Å²) in [5.41, 5.74) is 0.514. The number of phenolic OH excluding ortho intramolecular Hbond substituents is 1. The van der Waals surface area contributed by atoms with Crippen LogP contribution in [0.5, 0.6) is 5.75 Å². The van der Waals surface area contributed by atoms with Gasteiger partial charge in [0.25, 0.3) is 0 Å². The summed E-state index contributed by atoms with van der Waals surface area (Å²) in [4.78, 5) is 0. The molecule has 0 spiro atoms. The minimum atomic E-state index is -0.935. The van der Waals surface area contributed by atoms with Crippen molar-refractivity contribution in [1.82, 2.24) is 5.32 Å². The highest BCUT2D eigenvalue weighted by atomic mass is 19.1. The molecule has 19 heavy (non-hydrogen) atoms. The number of phenols is 1. The Kier molecular flexibility index (Phi) is 5.69. The number of hydrogen-bond acceptors (Lipinski definition) is 3. The summed E-state index contributed by atoms with van der Waals surface area (Å²) in [5, 5.41) is 12.2. The number of hydrogen-bond donors (Lipinski definition) is 2. The van der Waals surface area contributed by atoms with Crippen molar-refractivity contribution in [1.29, 1.82) is 0 Å². The molecule has 1 rings (SSSR count). The third-order valence-corrected chi connectivity index (χ3v) is 2.99. The number of nitrogens with one attached hydrogen (secondary N) is 1. The molecule has 0 radical (unpaired) electrons. The molecule has 0 fully saturated rings. The van der Waals surface area contributed by atoms with E-state index in [1.54, 1.807) is 7.11 Å². The van der Waals surface area contributed by atoms with Gasteiger partial charge in [0.15, 0.2) is 17.4 Å². The van der Waals surface area contributed by atoms with Crippen molar-refractivity contribution in [2.75, 3.05) is 20.3 Å². The van der Waals surface area contributed by atoms with Gasteiger partial charge in [0.05, 0.1) is 0 Å². The molecule has 3 nitrogen and oxygen atoms in total. The standard InChI is InChI=1S/C14H21F2NO2/c1-14(2,4-5-19-3)9-17-8-10-6-11(15)13(18)12(16)7-10/h6-7,17-18H,4-5,8-9H2,1-3H3. The van der Waals surface area contributed by atoms with Crippen LogP contribution in [0.25, 0.3) is 0 Å². The van der Waals surface area contributed by atoms with Crippen molar-refractivity contribution >= 4 is 0 Å². The van der Waals surface area contributed by atoms with E-state index in [4.69, 9.17) is 9.84 Å². The average molecular weight is 273 g/mol. The summed E-state index contributed by atoms with van der Waals surface area (Å²) in [6, 6.07) is 2.27. The highest BCUT2D eigenvalue weighted by Crippen LogP contribution is 2.22. The summed E-state index contributed by atoms with van der Waals surface area (Å²) in [6.45, 7) is 5.93. The second-order valence-corrected chi connectivity index (χ2v) is 5.42. The lowest BCUT2D eigenvalue weighted by Crippen LogP contribution is -2.30. The van der Waals surface area contributed by atoms with Crippen LogP contribution in [0.3, 0.4) is 0 Å². The molecule has 0 saturated heterocycles.